The van der Waals surface area contributed by atoms with E-state index in [1.807, 2.05) is 0 Å². The van der Waals surface area contributed by atoms with Crippen LogP contribution >= 0.6 is 23.1 Å². The van der Waals surface area contributed by atoms with E-state index in [2.05, 4.69) is 20.9 Å². The van der Waals surface area contributed by atoms with Gasteiger partial charge >= 0.3 is 0 Å². The van der Waals surface area contributed by atoms with Crippen LogP contribution in [0.5, 0.6) is 0 Å². The average molecular weight is 483 g/mol. The van der Waals surface area contributed by atoms with Gasteiger partial charge in [0, 0.05) is 34.9 Å². The van der Waals surface area contributed by atoms with Gasteiger partial charge in [0.2, 0.25) is 17.7 Å². The minimum Gasteiger partial charge on any atom is -0.326 e. The van der Waals surface area contributed by atoms with Gasteiger partial charge in [-0.05, 0) is 55.5 Å². The van der Waals surface area contributed by atoms with Crippen molar-refractivity contribution in [1.82, 2.24) is 4.98 Å². The highest BCUT2D eigenvalue weighted by Crippen LogP contribution is 2.23. The molecule has 2 aromatic carbocycles. The Bertz CT molecular complexity index is 1160. The number of ketones is 1. The standard InChI is InChI=1S/C23H22N4O4S2/c1-14(28)16-3-5-18(6-4-16)25-21(30)11-20-12-32-23(27-20)33-13-22(31)26-19-9-7-17(8-10-19)24-15(2)29/h3-10,12H,11,13H2,1-2H3,(H,24,29)(H,25,30)(H,26,31). The van der Waals surface area contributed by atoms with Crippen molar-refractivity contribution < 1.29 is 19.2 Å². The molecule has 0 aliphatic rings. The van der Waals surface area contributed by atoms with Crippen molar-refractivity contribution in [3.05, 3.63) is 65.2 Å². The molecule has 3 N–H and O–H groups in total. The van der Waals surface area contributed by atoms with Crippen molar-refractivity contribution >= 4 is 63.7 Å². The molecule has 0 radical (unpaired) electrons. The molecular formula is C23H22N4O4S2. The number of carbonyl (C=O) groups is 4. The van der Waals surface area contributed by atoms with Crippen molar-refractivity contribution in [2.45, 2.75) is 24.6 Å². The number of hydrogen-bond donors (Lipinski definition) is 3. The Hall–Kier alpha value is -3.50. The molecule has 3 rings (SSSR count). The molecule has 3 aromatic rings. The maximum atomic E-state index is 12.3. The first kappa shape index (κ1) is 24.1. The lowest BCUT2D eigenvalue weighted by Gasteiger charge is -2.06. The van der Waals surface area contributed by atoms with Gasteiger partial charge in [-0.1, -0.05) is 11.8 Å². The summed E-state index contributed by atoms with van der Waals surface area (Å²) >= 11 is 2.66. The third-order valence-electron chi connectivity index (χ3n) is 4.26. The fourth-order valence-corrected chi connectivity index (χ4v) is 4.40. The van der Waals surface area contributed by atoms with E-state index in [-0.39, 0.29) is 35.7 Å². The third kappa shape index (κ3) is 7.85. The predicted octanol–water partition coefficient (Wildman–Crippen LogP) is 4.22. The first-order chi connectivity index (χ1) is 15.8. The van der Waals surface area contributed by atoms with Gasteiger partial charge in [-0.25, -0.2) is 4.98 Å². The van der Waals surface area contributed by atoms with Crippen molar-refractivity contribution in [3.8, 4) is 0 Å². The molecule has 0 fully saturated rings. The number of aromatic nitrogens is 1. The van der Waals surface area contributed by atoms with E-state index in [0.717, 1.165) is 0 Å². The summed E-state index contributed by atoms with van der Waals surface area (Å²) < 4.78 is 0.694. The summed E-state index contributed by atoms with van der Waals surface area (Å²) in [5.74, 6) is -0.417. The summed E-state index contributed by atoms with van der Waals surface area (Å²) in [7, 11) is 0. The van der Waals surface area contributed by atoms with Crippen LogP contribution < -0.4 is 16.0 Å². The van der Waals surface area contributed by atoms with E-state index in [9.17, 15) is 19.2 Å². The highest BCUT2D eigenvalue weighted by atomic mass is 32.2. The molecule has 170 valence electrons. The van der Waals surface area contributed by atoms with Gasteiger partial charge in [-0.3, -0.25) is 19.2 Å². The molecule has 0 saturated heterocycles. The molecule has 0 aliphatic heterocycles. The molecule has 1 aromatic heterocycles. The number of benzene rings is 2. The highest BCUT2D eigenvalue weighted by Gasteiger charge is 2.11. The molecule has 0 bridgehead atoms. The van der Waals surface area contributed by atoms with Crippen LogP contribution in [0.2, 0.25) is 0 Å². The Morgan fingerprint density at radius 2 is 1.36 bits per heavy atom. The Balaban J connectivity index is 1.44. The zero-order chi connectivity index (χ0) is 23.8. The summed E-state index contributed by atoms with van der Waals surface area (Å²) in [6, 6.07) is 13.5. The molecule has 0 aliphatic carbocycles. The molecule has 8 nitrogen and oxygen atoms in total. The van der Waals surface area contributed by atoms with Crippen molar-refractivity contribution in [2.24, 2.45) is 0 Å². The molecule has 0 unspecified atom stereocenters. The summed E-state index contributed by atoms with van der Waals surface area (Å²) in [6.07, 6.45) is 0.109. The predicted molar refractivity (Wildman–Crippen MR) is 131 cm³/mol. The van der Waals surface area contributed by atoms with E-state index in [1.165, 1.54) is 36.9 Å². The Morgan fingerprint density at radius 3 is 1.94 bits per heavy atom. The van der Waals surface area contributed by atoms with Gasteiger partial charge in [0.25, 0.3) is 0 Å². The van der Waals surface area contributed by atoms with E-state index >= 15 is 0 Å². The van der Waals surface area contributed by atoms with Crippen LogP contribution in [0.15, 0.2) is 58.3 Å². The van der Waals surface area contributed by atoms with Gasteiger partial charge in [-0.15, -0.1) is 11.3 Å². The van der Waals surface area contributed by atoms with E-state index < -0.39 is 0 Å². The summed E-state index contributed by atoms with van der Waals surface area (Å²) in [4.78, 5) is 51.2. The zero-order valence-electron chi connectivity index (χ0n) is 18.0. The molecule has 3 amide bonds. The smallest absolute Gasteiger partial charge is 0.234 e. The molecule has 10 heteroatoms. The second-order valence-electron chi connectivity index (χ2n) is 7.06. The number of nitrogens with one attached hydrogen (secondary N) is 3. The number of Topliss-reactive ketones (excluding diaryl/α,β-unsaturated/α-hetero) is 1. The number of thioether (sulfide) groups is 1. The SMILES string of the molecule is CC(=O)Nc1ccc(NC(=O)CSc2nc(CC(=O)Nc3ccc(C(C)=O)cc3)cs2)cc1. The number of hydrogen-bond acceptors (Lipinski definition) is 7. The monoisotopic (exact) mass is 482 g/mol. The van der Waals surface area contributed by atoms with Gasteiger partial charge in [-0.2, -0.15) is 0 Å². The second kappa shape index (κ2) is 11.4. The minimum absolute atomic E-state index is 0.0334. The van der Waals surface area contributed by atoms with Crippen LogP contribution in [0.25, 0.3) is 0 Å². The maximum absolute atomic E-state index is 12.3. The van der Waals surface area contributed by atoms with E-state index in [0.29, 0.717) is 32.7 Å². The topological polar surface area (TPSA) is 117 Å². The molecule has 0 saturated carbocycles. The number of thiazole rings is 1. The van der Waals surface area contributed by atoms with Crippen molar-refractivity contribution in [1.29, 1.82) is 0 Å². The second-order valence-corrected chi connectivity index (χ2v) is 9.14. The van der Waals surface area contributed by atoms with Crippen LogP contribution in [0, 0.1) is 0 Å². The van der Waals surface area contributed by atoms with E-state index in [4.69, 9.17) is 0 Å². The Morgan fingerprint density at radius 1 is 0.818 bits per heavy atom. The maximum Gasteiger partial charge on any atom is 0.234 e. The van der Waals surface area contributed by atoms with Crippen LogP contribution in [0.3, 0.4) is 0 Å². The first-order valence-corrected chi connectivity index (χ1v) is 11.8. The number of rotatable bonds is 9. The van der Waals surface area contributed by atoms with Gasteiger partial charge in [0.15, 0.2) is 10.1 Å². The molecule has 33 heavy (non-hydrogen) atoms. The number of nitrogens with zero attached hydrogens (tertiary/aromatic N) is 1. The highest BCUT2D eigenvalue weighted by molar-refractivity contribution is 8.01. The number of amides is 3. The minimum atomic E-state index is -0.215. The lowest BCUT2D eigenvalue weighted by atomic mass is 10.1. The summed E-state index contributed by atoms with van der Waals surface area (Å²) in [6.45, 7) is 2.92. The molecule has 0 atom stereocenters. The zero-order valence-corrected chi connectivity index (χ0v) is 19.6. The van der Waals surface area contributed by atoms with Crippen LogP contribution in [-0.2, 0) is 20.8 Å². The average Bonchev–Trinajstić information content (AvgIpc) is 3.21. The van der Waals surface area contributed by atoms with Gasteiger partial charge in [0.05, 0.1) is 17.9 Å². The fourth-order valence-electron chi connectivity index (χ4n) is 2.76. The molecule has 0 spiro atoms. The largest absolute Gasteiger partial charge is 0.326 e. The third-order valence-corrected chi connectivity index (χ3v) is 6.33. The quantitative estimate of drug-likeness (QED) is 0.311. The normalized spacial score (nSPS) is 10.4. The Kier molecular flexibility index (Phi) is 8.34. The van der Waals surface area contributed by atoms with Gasteiger partial charge < -0.3 is 16.0 Å². The Labute approximate surface area is 199 Å². The fraction of sp³-hybridized carbons (Fsp3) is 0.174. The van der Waals surface area contributed by atoms with Crippen molar-refractivity contribution in [3.63, 3.8) is 0 Å². The van der Waals surface area contributed by atoms with Gasteiger partial charge in [0.1, 0.15) is 0 Å². The van der Waals surface area contributed by atoms with Crippen molar-refractivity contribution in [2.75, 3.05) is 21.7 Å². The van der Waals surface area contributed by atoms with Crippen LogP contribution in [0.4, 0.5) is 17.1 Å². The van der Waals surface area contributed by atoms with Crippen LogP contribution in [-0.4, -0.2) is 34.2 Å². The van der Waals surface area contributed by atoms with E-state index in [1.54, 1.807) is 53.9 Å². The molecular weight excluding hydrogens is 460 g/mol. The van der Waals surface area contributed by atoms with Crippen LogP contribution in [0.1, 0.15) is 29.9 Å². The number of anilines is 3. The summed E-state index contributed by atoms with van der Waals surface area (Å²) in [5, 5.41) is 10.0. The summed E-state index contributed by atoms with van der Waals surface area (Å²) in [5.41, 5.74) is 3.09. The number of carbonyl (C=O) groups excluding carboxylic acids is 4. The first-order valence-electron chi connectivity index (χ1n) is 9.94. The lowest BCUT2D eigenvalue weighted by Crippen LogP contribution is -2.15. The lowest BCUT2D eigenvalue weighted by molar-refractivity contribution is -0.116. The molecule has 1 heterocycles.